The lowest BCUT2D eigenvalue weighted by atomic mass is 10.2. The second kappa shape index (κ2) is 4.63. The first kappa shape index (κ1) is 11.6. The zero-order chi connectivity index (χ0) is 13.2. The van der Waals surface area contributed by atoms with Crippen LogP contribution in [0, 0.1) is 6.92 Å². The summed E-state index contributed by atoms with van der Waals surface area (Å²) in [7, 11) is 0. The first-order valence-electron chi connectivity index (χ1n) is 5.97. The van der Waals surface area contributed by atoms with Crippen molar-refractivity contribution in [3.05, 3.63) is 29.6 Å². The Balaban J connectivity index is 1.93. The standard InChI is InChI=1S/C11H13N7O/c1-3-8-4-10-16-14-7(2)18(10)17-11(8)19-5-9-12-6-13-15-9/h4,6H,3,5H2,1-2H3,(H,12,13,15). The molecule has 8 nitrogen and oxygen atoms in total. The molecule has 0 fully saturated rings. The summed E-state index contributed by atoms with van der Waals surface area (Å²) in [4.78, 5) is 4.01. The molecule has 8 heteroatoms. The van der Waals surface area contributed by atoms with Crippen molar-refractivity contribution in [1.29, 1.82) is 0 Å². The second-order valence-corrected chi connectivity index (χ2v) is 4.07. The molecule has 0 radical (unpaired) electrons. The SMILES string of the molecule is CCc1cc2nnc(C)n2nc1OCc1ncn[nH]1. The Hall–Kier alpha value is -2.51. The molecule has 0 atom stereocenters. The van der Waals surface area contributed by atoms with Crippen LogP contribution in [0.2, 0.25) is 0 Å². The predicted octanol–water partition coefficient (Wildman–Crippen LogP) is 0.692. The van der Waals surface area contributed by atoms with Gasteiger partial charge in [0.2, 0.25) is 5.88 Å². The molecule has 0 saturated heterocycles. The fourth-order valence-electron chi connectivity index (χ4n) is 1.77. The zero-order valence-electron chi connectivity index (χ0n) is 10.7. The third-order valence-corrected chi connectivity index (χ3v) is 2.78. The minimum Gasteiger partial charge on any atom is -0.468 e. The van der Waals surface area contributed by atoms with Crippen molar-refractivity contribution >= 4 is 5.65 Å². The van der Waals surface area contributed by atoms with Gasteiger partial charge in [-0.2, -0.15) is 9.61 Å². The summed E-state index contributed by atoms with van der Waals surface area (Å²) in [6.45, 7) is 4.18. The summed E-state index contributed by atoms with van der Waals surface area (Å²) in [6, 6.07) is 1.93. The molecule has 0 bridgehead atoms. The van der Waals surface area contributed by atoms with Gasteiger partial charge in [-0.3, -0.25) is 5.10 Å². The second-order valence-electron chi connectivity index (χ2n) is 4.07. The maximum atomic E-state index is 5.68. The van der Waals surface area contributed by atoms with Gasteiger partial charge in [-0.15, -0.1) is 15.3 Å². The van der Waals surface area contributed by atoms with E-state index in [1.807, 2.05) is 19.9 Å². The van der Waals surface area contributed by atoms with Crippen molar-refractivity contribution < 1.29 is 4.74 Å². The van der Waals surface area contributed by atoms with Gasteiger partial charge in [0.15, 0.2) is 17.3 Å². The fraction of sp³-hybridized carbons (Fsp3) is 0.364. The first-order valence-corrected chi connectivity index (χ1v) is 5.97. The summed E-state index contributed by atoms with van der Waals surface area (Å²) < 4.78 is 7.35. The molecule has 0 unspecified atom stereocenters. The van der Waals surface area contributed by atoms with Crippen LogP contribution >= 0.6 is 0 Å². The number of nitrogens with zero attached hydrogens (tertiary/aromatic N) is 6. The van der Waals surface area contributed by atoms with Crippen LogP contribution in [0.25, 0.3) is 5.65 Å². The minimum absolute atomic E-state index is 0.298. The predicted molar refractivity (Wildman–Crippen MR) is 65.6 cm³/mol. The quantitative estimate of drug-likeness (QED) is 0.741. The van der Waals surface area contributed by atoms with Crippen LogP contribution in [0.1, 0.15) is 24.1 Å². The van der Waals surface area contributed by atoms with Crippen molar-refractivity contribution in [2.75, 3.05) is 0 Å². The molecule has 0 amide bonds. The van der Waals surface area contributed by atoms with Gasteiger partial charge in [0.25, 0.3) is 0 Å². The van der Waals surface area contributed by atoms with Crippen LogP contribution in [-0.4, -0.2) is 35.0 Å². The van der Waals surface area contributed by atoms with E-state index >= 15 is 0 Å². The molecule has 3 rings (SSSR count). The van der Waals surface area contributed by atoms with E-state index in [2.05, 4.69) is 30.5 Å². The van der Waals surface area contributed by atoms with Crippen LogP contribution in [0.3, 0.4) is 0 Å². The molecule has 3 aromatic heterocycles. The molecule has 0 aliphatic rings. The van der Waals surface area contributed by atoms with E-state index in [9.17, 15) is 0 Å². The van der Waals surface area contributed by atoms with Crippen LogP contribution in [0.15, 0.2) is 12.4 Å². The van der Waals surface area contributed by atoms with Gasteiger partial charge in [0.1, 0.15) is 12.9 Å². The van der Waals surface area contributed by atoms with Crippen molar-refractivity contribution in [3.63, 3.8) is 0 Å². The van der Waals surface area contributed by atoms with Crippen LogP contribution in [0.5, 0.6) is 5.88 Å². The fourth-order valence-corrected chi connectivity index (χ4v) is 1.77. The van der Waals surface area contributed by atoms with E-state index in [0.717, 1.165) is 23.5 Å². The number of aromatic nitrogens is 7. The summed E-state index contributed by atoms with van der Waals surface area (Å²) in [5.41, 5.74) is 1.71. The Morgan fingerprint density at radius 3 is 3.00 bits per heavy atom. The van der Waals surface area contributed by atoms with Crippen molar-refractivity contribution in [3.8, 4) is 5.88 Å². The lowest BCUT2D eigenvalue weighted by molar-refractivity contribution is 0.276. The van der Waals surface area contributed by atoms with Gasteiger partial charge >= 0.3 is 0 Å². The van der Waals surface area contributed by atoms with Crippen LogP contribution < -0.4 is 4.74 Å². The highest BCUT2D eigenvalue weighted by molar-refractivity contribution is 5.43. The van der Waals surface area contributed by atoms with E-state index in [4.69, 9.17) is 4.74 Å². The highest BCUT2D eigenvalue weighted by Gasteiger charge is 2.11. The third kappa shape index (κ3) is 2.12. The Bertz CT molecular complexity index is 688. The van der Waals surface area contributed by atoms with E-state index in [0.29, 0.717) is 18.3 Å². The maximum absolute atomic E-state index is 5.68. The molecule has 3 heterocycles. The average Bonchev–Trinajstić information content (AvgIpc) is 3.06. The third-order valence-electron chi connectivity index (χ3n) is 2.78. The Morgan fingerprint density at radius 1 is 1.37 bits per heavy atom. The summed E-state index contributed by atoms with van der Waals surface area (Å²) >= 11 is 0. The van der Waals surface area contributed by atoms with Crippen molar-refractivity contribution in [2.45, 2.75) is 26.9 Å². The Morgan fingerprint density at radius 2 is 2.26 bits per heavy atom. The number of hydrogen-bond donors (Lipinski definition) is 1. The molecule has 1 N–H and O–H groups in total. The van der Waals surface area contributed by atoms with Crippen molar-refractivity contribution in [1.82, 2.24) is 35.0 Å². The highest BCUT2D eigenvalue weighted by Crippen LogP contribution is 2.18. The molecular formula is C11H13N7O. The van der Waals surface area contributed by atoms with Crippen molar-refractivity contribution in [2.24, 2.45) is 0 Å². The lowest BCUT2D eigenvalue weighted by Crippen LogP contribution is -2.06. The Kier molecular flexibility index (Phi) is 2.82. The first-order chi connectivity index (χ1) is 9.28. The number of H-pyrrole nitrogens is 1. The van der Waals surface area contributed by atoms with Crippen LogP contribution in [0.4, 0.5) is 0 Å². The minimum atomic E-state index is 0.298. The summed E-state index contributed by atoms with van der Waals surface area (Å²) in [5, 5.41) is 19.0. The maximum Gasteiger partial charge on any atom is 0.235 e. The molecule has 0 aliphatic heterocycles. The van der Waals surface area contributed by atoms with E-state index in [1.54, 1.807) is 4.52 Å². The van der Waals surface area contributed by atoms with Gasteiger partial charge in [-0.25, -0.2) is 4.98 Å². The number of hydrogen-bond acceptors (Lipinski definition) is 6. The van der Waals surface area contributed by atoms with Gasteiger partial charge in [-0.05, 0) is 19.4 Å². The molecule has 3 aromatic rings. The number of aryl methyl sites for hydroxylation is 2. The number of aromatic amines is 1. The van der Waals surface area contributed by atoms with Gasteiger partial charge < -0.3 is 4.74 Å². The number of rotatable bonds is 4. The molecule has 0 spiro atoms. The summed E-state index contributed by atoms with van der Waals surface area (Å²) in [5.74, 6) is 1.95. The van der Waals surface area contributed by atoms with E-state index < -0.39 is 0 Å². The van der Waals surface area contributed by atoms with Crippen LogP contribution in [-0.2, 0) is 13.0 Å². The Labute approximate surface area is 108 Å². The van der Waals surface area contributed by atoms with Gasteiger partial charge in [0, 0.05) is 5.56 Å². The van der Waals surface area contributed by atoms with Gasteiger partial charge in [0.05, 0.1) is 0 Å². The smallest absolute Gasteiger partial charge is 0.235 e. The lowest BCUT2D eigenvalue weighted by Gasteiger charge is -2.08. The van der Waals surface area contributed by atoms with E-state index in [1.165, 1.54) is 6.33 Å². The molecular weight excluding hydrogens is 246 g/mol. The molecule has 19 heavy (non-hydrogen) atoms. The van der Waals surface area contributed by atoms with E-state index in [-0.39, 0.29) is 0 Å². The molecule has 0 aliphatic carbocycles. The number of nitrogens with one attached hydrogen (secondary N) is 1. The summed E-state index contributed by atoms with van der Waals surface area (Å²) in [6.07, 6.45) is 2.25. The molecule has 0 aromatic carbocycles. The largest absolute Gasteiger partial charge is 0.468 e. The molecule has 98 valence electrons. The number of ether oxygens (including phenoxy) is 1. The molecule has 0 saturated carbocycles. The average molecular weight is 259 g/mol. The van der Waals surface area contributed by atoms with Gasteiger partial charge in [-0.1, -0.05) is 6.92 Å². The highest BCUT2D eigenvalue weighted by atomic mass is 16.5. The topological polar surface area (TPSA) is 93.9 Å². The normalized spacial score (nSPS) is 11.1. The zero-order valence-corrected chi connectivity index (χ0v) is 10.7. The monoisotopic (exact) mass is 259 g/mol. The number of fused-ring (bicyclic) bond motifs is 1.